The van der Waals surface area contributed by atoms with Crippen molar-refractivity contribution in [1.82, 2.24) is 5.32 Å². The second-order valence-corrected chi connectivity index (χ2v) is 4.85. The molecule has 5 nitrogen and oxygen atoms in total. The molecule has 0 saturated heterocycles. The van der Waals surface area contributed by atoms with Gasteiger partial charge in [-0.3, -0.25) is 4.79 Å². The predicted molar refractivity (Wildman–Crippen MR) is 76.7 cm³/mol. The molecule has 0 heterocycles. The van der Waals surface area contributed by atoms with Gasteiger partial charge < -0.3 is 15.5 Å². The molecular formula is C13H13Cl2NO4. The van der Waals surface area contributed by atoms with Gasteiger partial charge in [0, 0.05) is 21.7 Å². The number of carbonyl (C=O) groups is 2. The number of aliphatic hydroxyl groups excluding tert-OH is 1. The van der Waals surface area contributed by atoms with Gasteiger partial charge in [0.2, 0.25) is 5.91 Å². The number of aliphatic carboxylic acids is 1. The number of rotatable bonds is 5. The highest BCUT2D eigenvalue weighted by Gasteiger charge is 2.23. The van der Waals surface area contributed by atoms with Crippen LogP contribution < -0.4 is 5.32 Å². The van der Waals surface area contributed by atoms with E-state index in [4.69, 9.17) is 28.3 Å². The topological polar surface area (TPSA) is 86.6 Å². The monoisotopic (exact) mass is 317 g/mol. The van der Waals surface area contributed by atoms with Crippen molar-refractivity contribution in [3.05, 3.63) is 39.9 Å². The molecule has 0 fully saturated rings. The molecular weight excluding hydrogens is 305 g/mol. The van der Waals surface area contributed by atoms with E-state index in [0.717, 1.165) is 6.08 Å². The van der Waals surface area contributed by atoms with Crippen LogP contribution in [0.5, 0.6) is 0 Å². The lowest BCUT2D eigenvalue weighted by molar-refractivity contribution is -0.144. The van der Waals surface area contributed by atoms with E-state index in [1.807, 2.05) is 0 Å². The average Bonchev–Trinajstić information content (AvgIpc) is 2.34. The van der Waals surface area contributed by atoms with E-state index in [0.29, 0.717) is 15.6 Å². The third-order valence-electron chi connectivity index (χ3n) is 2.45. The number of benzene rings is 1. The zero-order chi connectivity index (χ0) is 15.3. The fourth-order valence-electron chi connectivity index (χ4n) is 1.42. The highest BCUT2D eigenvalue weighted by atomic mass is 35.5. The molecule has 108 valence electrons. The Morgan fingerprint density at radius 1 is 1.30 bits per heavy atom. The smallest absolute Gasteiger partial charge is 0.328 e. The molecule has 2 unspecified atom stereocenters. The maximum Gasteiger partial charge on any atom is 0.328 e. The summed E-state index contributed by atoms with van der Waals surface area (Å²) in [5, 5.41) is 21.0. The third kappa shape index (κ3) is 4.52. The molecule has 0 radical (unpaired) electrons. The van der Waals surface area contributed by atoms with Crippen LogP contribution in [-0.2, 0) is 9.59 Å². The molecule has 20 heavy (non-hydrogen) atoms. The lowest BCUT2D eigenvalue weighted by Crippen LogP contribution is -2.47. The second kappa shape index (κ2) is 7.28. The van der Waals surface area contributed by atoms with Gasteiger partial charge in [-0.1, -0.05) is 29.3 Å². The molecule has 1 amide bonds. The predicted octanol–water partition coefficient (Wildman–Crippen LogP) is 1.96. The minimum Gasteiger partial charge on any atom is -0.480 e. The van der Waals surface area contributed by atoms with Gasteiger partial charge in [0.15, 0.2) is 6.04 Å². The first-order valence-corrected chi connectivity index (χ1v) is 6.42. The van der Waals surface area contributed by atoms with Gasteiger partial charge in [-0.15, -0.1) is 0 Å². The lowest BCUT2D eigenvalue weighted by atomic mass is 10.1. The Kier molecular flexibility index (Phi) is 6.01. The lowest BCUT2D eigenvalue weighted by Gasteiger charge is -2.15. The number of hydrogen-bond acceptors (Lipinski definition) is 3. The Balaban J connectivity index is 2.80. The van der Waals surface area contributed by atoms with Crippen molar-refractivity contribution in [3.8, 4) is 0 Å². The van der Waals surface area contributed by atoms with Crippen LogP contribution in [0.2, 0.25) is 10.0 Å². The van der Waals surface area contributed by atoms with E-state index in [1.165, 1.54) is 13.0 Å². The number of halogens is 2. The summed E-state index contributed by atoms with van der Waals surface area (Å²) in [5.74, 6) is -1.99. The van der Waals surface area contributed by atoms with Gasteiger partial charge >= 0.3 is 5.97 Å². The van der Waals surface area contributed by atoms with Crippen LogP contribution in [0.4, 0.5) is 0 Å². The van der Waals surface area contributed by atoms with Gasteiger partial charge in [-0.2, -0.15) is 0 Å². The summed E-state index contributed by atoms with van der Waals surface area (Å²) >= 11 is 11.8. The minimum absolute atomic E-state index is 0.367. The van der Waals surface area contributed by atoms with E-state index < -0.39 is 24.0 Å². The standard InChI is InChI=1S/C13H13Cl2NO4/c1-7(17)12(13(19)20)16-11(18)6-5-8-9(14)3-2-4-10(8)15/h2-7,12,17H,1H3,(H,16,18)(H,19,20)/b6-5+. The van der Waals surface area contributed by atoms with E-state index in [2.05, 4.69) is 5.32 Å². The number of nitrogens with one attached hydrogen (secondary N) is 1. The molecule has 1 aromatic carbocycles. The minimum atomic E-state index is -1.38. The van der Waals surface area contributed by atoms with Crippen LogP contribution in [0.1, 0.15) is 12.5 Å². The molecule has 0 aliphatic carbocycles. The number of amides is 1. The summed E-state index contributed by atoms with van der Waals surface area (Å²) in [6.07, 6.45) is 1.26. The first-order valence-electron chi connectivity index (χ1n) is 5.66. The van der Waals surface area contributed by atoms with Crippen molar-refractivity contribution in [2.24, 2.45) is 0 Å². The van der Waals surface area contributed by atoms with Gasteiger partial charge in [0.05, 0.1) is 6.10 Å². The Bertz CT molecular complexity index is 523. The third-order valence-corrected chi connectivity index (χ3v) is 3.11. The van der Waals surface area contributed by atoms with Crippen molar-refractivity contribution in [2.75, 3.05) is 0 Å². The van der Waals surface area contributed by atoms with Crippen molar-refractivity contribution in [3.63, 3.8) is 0 Å². The van der Waals surface area contributed by atoms with E-state index >= 15 is 0 Å². The molecule has 7 heteroatoms. The van der Waals surface area contributed by atoms with Crippen molar-refractivity contribution < 1.29 is 19.8 Å². The summed E-state index contributed by atoms with van der Waals surface area (Å²) < 4.78 is 0. The average molecular weight is 318 g/mol. The molecule has 1 aromatic rings. The van der Waals surface area contributed by atoms with Crippen LogP contribution in [0.25, 0.3) is 6.08 Å². The first-order chi connectivity index (χ1) is 9.32. The van der Waals surface area contributed by atoms with E-state index in [-0.39, 0.29) is 0 Å². The quantitative estimate of drug-likeness (QED) is 0.724. The summed E-state index contributed by atoms with van der Waals surface area (Å²) in [6, 6.07) is 3.51. The van der Waals surface area contributed by atoms with Gasteiger partial charge in [-0.05, 0) is 25.1 Å². The molecule has 0 spiro atoms. The fourth-order valence-corrected chi connectivity index (χ4v) is 1.94. The number of carbonyl (C=O) groups excluding carboxylic acids is 1. The van der Waals surface area contributed by atoms with Crippen molar-refractivity contribution in [1.29, 1.82) is 0 Å². The summed E-state index contributed by atoms with van der Waals surface area (Å²) in [6.45, 7) is 1.27. The fraction of sp³-hybridized carbons (Fsp3) is 0.231. The number of carboxylic acid groups (broad SMARTS) is 1. The maximum atomic E-state index is 11.6. The van der Waals surface area contributed by atoms with Gasteiger partial charge in [0.1, 0.15) is 0 Å². The zero-order valence-corrected chi connectivity index (χ0v) is 12.0. The molecule has 0 aliphatic heterocycles. The molecule has 0 aliphatic rings. The second-order valence-electron chi connectivity index (χ2n) is 4.03. The maximum absolute atomic E-state index is 11.6. The Labute approximate surface area is 125 Å². The number of hydrogen-bond donors (Lipinski definition) is 3. The van der Waals surface area contributed by atoms with Crippen molar-refractivity contribution in [2.45, 2.75) is 19.1 Å². The van der Waals surface area contributed by atoms with Crippen LogP contribution in [-0.4, -0.2) is 34.2 Å². The Morgan fingerprint density at radius 3 is 2.30 bits per heavy atom. The van der Waals surface area contributed by atoms with Crippen LogP contribution in [0, 0.1) is 0 Å². The van der Waals surface area contributed by atoms with E-state index in [1.54, 1.807) is 18.2 Å². The molecule has 0 aromatic heterocycles. The normalized spacial score (nSPS) is 14.0. The van der Waals surface area contributed by atoms with Crippen LogP contribution >= 0.6 is 23.2 Å². The highest BCUT2D eigenvalue weighted by molar-refractivity contribution is 6.37. The zero-order valence-electron chi connectivity index (χ0n) is 10.5. The largest absolute Gasteiger partial charge is 0.480 e. The van der Waals surface area contributed by atoms with E-state index in [9.17, 15) is 14.7 Å². The molecule has 0 bridgehead atoms. The van der Waals surface area contributed by atoms with Crippen molar-refractivity contribution >= 4 is 41.2 Å². The molecule has 3 N–H and O–H groups in total. The Morgan fingerprint density at radius 2 is 1.85 bits per heavy atom. The summed E-state index contributed by atoms with van der Waals surface area (Å²) in [4.78, 5) is 22.4. The summed E-state index contributed by atoms with van der Waals surface area (Å²) in [7, 11) is 0. The first kappa shape index (κ1) is 16.5. The molecule has 2 atom stereocenters. The highest BCUT2D eigenvalue weighted by Crippen LogP contribution is 2.25. The van der Waals surface area contributed by atoms with Gasteiger partial charge in [-0.25, -0.2) is 4.79 Å². The number of aliphatic hydroxyl groups is 1. The van der Waals surface area contributed by atoms with Crippen LogP contribution in [0.15, 0.2) is 24.3 Å². The SMILES string of the molecule is CC(O)C(NC(=O)/C=C/c1c(Cl)cccc1Cl)C(=O)O. The Hall–Kier alpha value is -1.56. The summed E-state index contributed by atoms with van der Waals surface area (Å²) in [5.41, 5.74) is 0.454. The van der Waals surface area contributed by atoms with Gasteiger partial charge in [0.25, 0.3) is 0 Å². The molecule has 0 saturated carbocycles. The molecule has 1 rings (SSSR count). The van der Waals surface area contributed by atoms with Crippen LogP contribution in [0.3, 0.4) is 0 Å². The number of carboxylic acids is 1.